The zero-order valence-corrected chi connectivity index (χ0v) is 10.9. The molecule has 1 aromatic rings. The van der Waals surface area contributed by atoms with Gasteiger partial charge in [-0.05, 0) is 30.9 Å². The van der Waals surface area contributed by atoms with Crippen LogP contribution < -0.4 is 5.73 Å². The molecule has 3 heteroatoms. The minimum atomic E-state index is -0.611. The second-order valence-electron chi connectivity index (χ2n) is 5.67. The molecule has 0 radical (unpaired) electrons. The van der Waals surface area contributed by atoms with Crippen molar-refractivity contribution in [2.75, 3.05) is 6.54 Å². The Balaban J connectivity index is 2.14. The molecule has 1 aliphatic carbocycles. The zero-order chi connectivity index (χ0) is 12.6. The molecule has 96 valence electrons. The number of furan rings is 1. The van der Waals surface area contributed by atoms with Crippen molar-refractivity contribution in [3.8, 4) is 0 Å². The van der Waals surface area contributed by atoms with Gasteiger partial charge >= 0.3 is 0 Å². The number of aliphatic hydroxyl groups excluding tert-OH is 1. The maximum Gasteiger partial charge on any atom is 0.133 e. The van der Waals surface area contributed by atoms with Gasteiger partial charge in [-0.2, -0.15) is 0 Å². The molecular formula is C14H23NO2. The van der Waals surface area contributed by atoms with E-state index in [1.165, 1.54) is 6.42 Å². The first-order chi connectivity index (χ1) is 8.01. The summed E-state index contributed by atoms with van der Waals surface area (Å²) in [5, 5.41) is 10.3. The molecule has 0 spiro atoms. The summed E-state index contributed by atoms with van der Waals surface area (Å²) in [6.45, 7) is 6.72. The van der Waals surface area contributed by atoms with Crippen LogP contribution in [0.15, 0.2) is 16.5 Å². The smallest absolute Gasteiger partial charge is 0.133 e. The summed E-state index contributed by atoms with van der Waals surface area (Å²) in [7, 11) is 0. The van der Waals surface area contributed by atoms with Gasteiger partial charge in [-0.15, -0.1) is 0 Å². The van der Waals surface area contributed by atoms with Crippen molar-refractivity contribution >= 4 is 0 Å². The van der Waals surface area contributed by atoms with Crippen LogP contribution in [0, 0.1) is 11.3 Å². The molecule has 3 nitrogen and oxygen atoms in total. The van der Waals surface area contributed by atoms with Gasteiger partial charge in [0.15, 0.2) is 0 Å². The third kappa shape index (κ3) is 2.26. The standard InChI is InChI=1S/C14H23NO2/c1-4-14(3,8-15)13(16)12-6-5-11(17-12)10-7-9(10)2/h5-6,9-10,13,16H,4,7-8,15H2,1-3H3. The third-order valence-corrected chi connectivity index (χ3v) is 4.33. The number of hydrogen-bond acceptors (Lipinski definition) is 3. The third-order valence-electron chi connectivity index (χ3n) is 4.33. The average Bonchev–Trinajstić information content (AvgIpc) is 2.89. The van der Waals surface area contributed by atoms with E-state index in [1.54, 1.807) is 0 Å². The highest BCUT2D eigenvalue weighted by molar-refractivity contribution is 5.19. The van der Waals surface area contributed by atoms with E-state index in [9.17, 15) is 5.11 Å². The van der Waals surface area contributed by atoms with Crippen molar-refractivity contribution in [3.05, 3.63) is 23.7 Å². The minimum absolute atomic E-state index is 0.301. The topological polar surface area (TPSA) is 59.4 Å². The monoisotopic (exact) mass is 237 g/mol. The van der Waals surface area contributed by atoms with E-state index in [0.717, 1.165) is 18.1 Å². The summed E-state index contributed by atoms with van der Waals surface area (Å²) in [5.41, 5.74) is 5.45. The van der Waals surface area contributed by atoms with Crippen molar-refractivity contribution in [2.45, 2.75) is 45.6 Å². The molecule has 17 heavy (non-hydrogen) atoms. The summed E-state index contributed by atoms with van der Waals surface area (Å²) < 4.78 is 5.78. The Morgan fingerprint density at radius 3 is 2.71 bits per heavy atom. The fraction of sp³-hybridized carbons (Fsp3) is 0.714. The molecule has 1 aromatic heterocycles. The van der Waals surface area contributed by atoms with E-state index in [0.29, 0.717) is 18.2 Å². The number of hydrogen-bond donors (Lipinski definition) is 2. The van der Waals surface area contributed by atoms with E-state index in [1.807, 2.05) is 26.0 Å². The van der Waals surface area contributed by atoms with Crippen LogP contribution >= 0.6 is 0 Å². The molecule has 0 bridgehead atoms. The van der Waals surface area contributed by atoms with Gasteiger partial charge in [-0.3, -0.25) is 0 Å². The average molecular weight is 237 g/mol. The van der Waals surface area contributed by atoms with Crippen LogP contribution in [0.5, 0.6) is 0 Å². The molecular weight excluding hydrogens is 214 g/mol. The van der Waals surface area contributed by atoms with Gasteiger partial charge in [0.05, 0.1) is 0 Å². The lowest BCUT2D eigenvalue weighted by Gasteiger charge is -2.30. The molecule has 4 atom stereocenters. The quantitative estimate of drug-likeness (QED) is 0.828. The van der Waals surface area contributed by atoms with Crippen molar-refractivity contribution < 1.29 is 9.52 Å². The fourth-order valence-electron chi connectivity index (χ4n) is 2.23. The van der Waals surface area contributed by atoms with Crippen LogP contribution in [0.1, 0.15) is 57.2 Å². The molecule has 1 aliphatic rings. The highest BCUT2D eigenvalue weighted by Gasteiger charge is 2.38. The molecule has 3 N–H and O–H groups in total. The van der Waals surface area contributed by atoms with Crippen LogP contribution in [0.25, 0.3) is 0 Å². The Morgan fingerprint density at radius 2 is 2.24 bits per heavy atom. The lowest BCUT2D eigenvalue weighted by atomic mass is 9.80. The highest BCUT2D eigenvalue weighted by atomic mass is 16.4. The van der Waals surface area contributed by atoms with Gasteiger partial charge < -0.3 is 15.3 Å². The van der Waals surface area contributed by atoms with Crippen molar-refractivity contribution in [1.82, 2.24) is 0 Å². The number of rotatable bonds is 5. The molecule has 0 saturated heterocycles. The Morgan fingerprint density at radius 1 is 1.59 bits per heavy atom. The molecule has 1 heterocycles. The Labute approximate surface area is 103 Å². The van der Waals surface area contributed by atoms with Crippen LogP contribution in [-0.2, 0) is 0 Å². The zero-order valence-electron chi connectivity index (χ0n) is 10.9. The molecule has 2 rings (SSSR count). The first-order valence-corrected chi connectivity index (χ1v) is 6.49. The van der Waals surface area contributed by atoms with Gasteiger partial charge in [-0.1, -0.05) is 20.8 Å². The molecule has 1 saturated carbocycles. The molecule has 0 aliphatic heterocycles. The van der Waals surface area contributed by atoms with Crippen LogP contribution in [-0.4, -0.2) is 11.7 Å². The Bertz CT molecular complexity index is 381. The Kier molecular flexibility index (Phi) is 3.32. The number of nitrogens with two attached hydrogens (primary N) is 1. The molecule has 0 aromatic carbocycles. The number of aliphatic hydroxyl groups is 1. The second-order valence-corrected chi connectivity index (χ2v) is 5.67. The van der Waals surface area contributed by atoms with Crippen LogP contribution in [0.3, 0.4) is 0 Å². The predicted octanol–water partition coefficient (Wildman–Crippen LogP) is 2.81. The van der Waals surface area contributed by atoms with E-state index in [2.05, 4.69) is 6.92 Å². The summed E-state index contributed by atoms with van der Waals surface area (Å²) in [5.74, 6) is 2.95. The largest absolute Gasteiger partial charge is 0.463 e. The Hall–Kier alpha value is -0.800. The van der Waals surface area contributed by atoms with E-state index < -0.39 is 6.10 Å². The van der Waals surface area contributed by atoms with E-state index >= 15 is 0 Å². The van der Waals surface area contributed by atoms with E-state index in [4.69, 9.17) is 10.2 Å². The highest BCUT2D eigenvalue weighted by Crippen LogP contribution is 2.48. The van der Waals surface area contributed by atoms with Crippen LogP contribution in [0.2, 0.25) is 0 Å². The van der Waals surface area contributed by atoms with Gasteiger partial charge in [0.1, 0.15) is 17.6 Å². The fourth-order valence-corrected chi connectivity index (χ4v) is 2.23. The maximum absolute atomic E-state index is 10.3. The lowest BCUT2D eigenvalue weighted by Crippen LogP contribution is -2.33. The second kappa shape index (κ2) is 4.46. The molecule has 1 fully saturated rings. The first kappa shape index (κ1) is 12.7. The molecule has 0 amide bonds. The maximum atomic E-state index is 10.3. The summed E-state index contributed by atoms with van der Waals surface area (Å²) in [6, 6.07) is 3.90. The van der Waals surface area contributed by atoms with Gasteiger partial charge in [-0.25, -0.2) is 0 Å². The van der Waals surface area contributed by atoms with Gasteiger partial charge in [0.25, 0.3) is 0 Å². The van der Waals surface area contributed by atoms with Crippen molar-refractivity contribution in [1.29, 1.82) is 0 Å². The summed E-state index contributed by atoms with van der Waals surface area (Å²) in [4.78, 5) is 0. The van der Waals surface area contributed by atoms with Crippen molar-refractivity contribution in [2.24, 2.45) is 17.1 Å². The first-order valence-electron chi connectivity index (χ1n) is 6.49. The molecule has 4 unspecified atom stereocenters. The summed E-state index contributed by atoms with van der Waals surface area (Å²) >= 11 is 0. The van der Waals surface area contributed by atoms with Crippen LogP contribution in [0.4, 0.5) is 0 Å². The van der Waals surface area contributed by atoms with E-state index in [-0.39, 0.29) is 5.41 Å². The predicted molar refractivity (Wildman–Crippen MR) is 67.6 cm³/mol. The van der Waals surface area contributed by atoms with Gasteiger partial charge in [0.2, 0.25) is 0 Å². The summed E-state index contributed by atoms with van der Waals surface area (Å²) in [6.07, 6.45) is 1.42. The normalized spacial score (nSPS) is 28.8. The SMILES string of the molecule is CCC(C)(CN)C(O)c1ccc(C2CC2C)o1. The lowest BCUT2D eigenvalue weighted by molar-refractivity contribution is 0.0211. The minimum Gasteiger partial charge on any atom is -0.463 e. The van der Waals surface area contributed by atoms with Gasteiger partial charge in [0, 0.05) is 17.9 Å². The van der Waals surface area contributed by atoms with Crippen molar-refractivity contribution in [3.63, 3.8) is 0 Å².